The summed E-state index contributed by atoms with van der Waals surface area (Å²) in [6.07, 6.45) is 8.81. The Morgan fingerprint density at radius 3 is 1.30 bits per heavy atom. The lowest BCUT2D eigenvalue weighted by Crippen LogP contribution is -2.46. The Balaban J connectivity index is 0.000000951. The van der Waals surface area contributed by atoms with E-state index in [1.165, 1.54) is 10.5 Å². The summed E-state index contributed by atoms with van der Waals surface area (Å²) in [5, 5.41) is 2.43. The third-order valence-electron chi connectivity index (χ3n) is 12.7. The van der Waals surface area contributed by atoms with Gasteiger partial charge in [0, 0.05) is 16.4 Å². The highest BCUT2D eigenvalue weighted by Crippen LogP contribution is 2.60. The fourth-order valence-electron chi connectivity index (χ4n) is 10.2. The second-order valence-electron chi connectivity index (χ2n) is 18.4. The van der Waals surface area contributed by atoms with Crippen LogP contribution in [0.1, 0.15) is 185 Å². The van der Waals surface area contributed by atoms with Crippen molar-refractivity contribution < 1.29 is 19.2 Å². The Bertz CT molecular complexity index is 2520. The van der Waals surface area contributed by atoms with E-state index in [1.807, 2.05) is 63.3 Å². The van der Waals surface area contributed by atoms with Gasteiger partial charge in [0.15, 0.2) is 0 Å². The molecule has 2 atom stereocenters. The van der Waals surface area contributed by atoms with Crippen LogP contribution >= 0.6 is 0 Å². The number of imide groups is 2. The molecular weight excluding hydrogens is 741 g/mol. The molecule has 1 N–H and O–H groups in total. The second-order valence-corrected chi connectivity index (χ2v) is 18.4. The fourth-order valence-corrected chi connectivity index (χ4v) is 10.2. The quantitative estimate of drug-likeness (QED) is 0.197. The summed E-state index contributed by atoms with van der Waals surface area (Å²) in [4.78, 5) is 56.0. The van der Waals surface area contributed by atoms with Crippen molar-refractivity contribution in [3.05, 3.63) is 146 Å². The van der Waals surface area contributed by atoms with Gasteiger partial charge in [-0.05, 0) is 135 Å². The van der Waals surface area contributed by atoms with Crippen LogP contribution in [0.3, 0.4) is 0 Å². The van der Waals surface area contributed by atoms with E-state index in [1.54, 1.807) is 12.2 Å². The van der Waals surface area contributed by atoms with Crippen LogP contribution in [0.5, 0.6) is 0 Å². The highest BCUT2D eigenvalue weighted by molar-refractivity contribution is 6.35. The van der Waals surface area contributed by atoms with Gasteiger partial charge in [0.05, 0.1) is 27.9 Å². The van der Waals surface area contributed by atoms with Crippen molar-refractivity contribution in [3.63, 3.8) is 0 Å². The number of nitrogens with one attached hydrogen (secondary N) is 1. The summed E-state index contributed by atoms with van der Waals surface area (Å²) in [5.41, 5.74) is 12.9. The first kappa shape index (κ1) is 43.7. The number of benzene rings is 4. The van der Waals surface area contributed by atoms with Crippen molar-refractivity contribution in [2.24, 2.45) is 5.92 Å². The van der Waals surface area contributed by atoms with Crippen molar-refractivity contribution in [2.45, 2.75) is 112 Å². The molecule has 2 heterocycles. The maximum absolute atomic E-state index is 14.6. The summed E-state index contributed by atoms with van der Waals surface area (Å²) in [6, 6.07) is 11.7. The van der Waals surface area contributed by atoms with Crippen molar-refractivity contribution in [1.29, 1.82) is 0 Å². The average Bonchev–Trinajstić information content (AvgIpc) is 3.62. The molecule has 6 heteroatoms. The smallest absolute Gasteiger partial charge is 0.266 e. The number of fused-ring (bicyclic) bond motifs is 3. The molecule has 2 bridgehead atoms. The van der Waals surface area contributed by atoms with Crippen LogP contribution in [0, 0.1) is 19.8 Å². The number of carbonyl (C=O) groups excluding carboxylic acids is 4. The molecule has 60 heavy (non-hydrogen) atoms. The van der Waals surface area contributed by atoms with Gasteiger partial charge in [-0.2, -0.15) is 0 Å². The maximum Gasteiger partial charge on any atom is 0.266 e. The Kier molecular flexibility index (Phi) is 11.1. The molecule has 0 saturated heterocycles. The van der Waals surface area contributed by atoms with E-state index in [-0.39, 0.29) is 5.41 Å². The Labute approximate surface area is 357 Å². The molecule has 4 aromatic carbocycles. The first-order valence-electron chi connectivity index (χ1n) is 21.2. The van der Waals surface area contributed by atoms with Crippen molar-refractivity contribution in [3.8, 4) is 11.1 Å². The molecule has 5 aliphatic rings. The van der Waals surface area contributed by atoms with Crippen LogP contribution in [-0.2, 0) is 16.2 Å². The molecule has 4 amide bonds. The van der Waals surface area contributed by atoms with Gasteiger partial charge in [-0.1, -0.05) is 126 Å². The van der Waals surface area contributed by atoms with Gasteiger partial charge >= 0.3 is 0 Å². The standard InChI is InChI=1S/C48H44N2O4.C4H10.C2H6/c1-12-26-28(14-3)40(46(7,8)9)24(5)18-30(26)31-19-25(6)41(29(15-4)27(31)13-2)50-44(53)34-22-38-39(23-35(34)45(50)54)48(11)17-16-47(38,10)36-20-32-33(21-37(36)48)43(52)49-42(32)51;1-4(2)3;1-2/h12-15,18-23H,1-4,16-17H2,5-11H3,(H,49,51,52);4H,1-3H3;1-2H3. The monoisotopic (exact) mass is 800 g/mol. The number of carbonyl (C=O) groups is 4. The van der Waals surface area contributed by atoms with Gasteiger partial charge in [-0.15, -0.1) is 0 Å². The van der Waals surface area contributed by atoms with Gasteiger partial charge in [0.2, 0.25) is 0 Å². The van der Waals surface area contributed by atoms with Crippen LogP contribution in [-0.4, -0.2) is 23.6 Å². The lowest BCUT2D eigenvalue weighted by molar-refractivity contribution is 0.0874. The number of aryl methyl sites for hydroxylation is 2. The zero-order chi connectivity index (χ0) is 44.5. The minimum atomic E-state index is -0.525. The molecule has 2 unspecified atom stereocenters. The highest BCUT2D eigenvalue weighted by atomic mass is 16.2. The highest BCUT2D eigenvalue weighted by Gasteiger charge is 2.54. The summed E-state index contributed by atoms with van der Waals surface area (Å²) in [5.74, 6) is -0.744. The minimum Gasteiger partial charge on any atom is -0.288 e. The summed E-state index contributed by atoms with van der Waals surface area (Å²) in [7, 11) is 0. The topological polar surface area (TPSA) is 83.6 Å². The SMILES string of the molecule is C=Cc1c(-c2cc(C)c(C(C)(C)C)c(C=C)c2C=C)cc(C)c(N2C(=O)c3cc4c(cc3C2=O)C2(C)CCC4(C)c3cc4c(cc32)C(=O)NC4=O)c1C=C.CC.CC(C)C. The largest absolute Gasteiger partial charge is 0.288 e. The third-order valence-corrected chi connectivity index (χ3v) is 12.7. The minimum absolute atomic E-state index is 0.130. The van der Waals surface area contributed by atoms with Gasteiger partial charge in [-0.3, -0.25) is 24.5 Å². The molecule has 0 saturated carbocycles. The van der Waals surface area contributed by atoms with Crippen LogP contribution in [0.25, 0.3) is 35.4 Å². The first-order chi connectivity index (χ1) is 28.2. The molecule has 0 fully saturated rings. The zero-order valence-corrected chi connectivity index (χ0v) is 37.7. The molecule has 9 rings (SSSR count). The second kappa shape index (κ2) is 15.3. The van der Waals surface area contributed by atoms with E-state index in [0.717, 1.165) is 80.0 Å². The van der Waals surface area contributed by atoms with Crippen LogP contribution in [0.15, 0.2) is 62.7 Å². The van der Waals surface area contributed by atoms with E-state index in [4.69, 9.17) is 0 Å². The normalized spacial score (nSPS) is 19.3. The van der Waals surface area contributed by atoms with Gasteiger partial charge in [-0.25, -0.2) is 4.90 Å². The van der Waals surface area contributed by atoms with E-state index in [9.17, 15) is 19.2 Å². The Hall–Kier alpha value is -5.88. The zero-order valence-electron chi connectivity index (χ0n) is 37.7. The Morgan fingerprint density at radius 2 is 0.933 bits per heavy atom. The van der Waals surface area contributed by atoms with Crippen LogP contribution < -0.4 is 10.2 Å². The number of hydrogen-bond donors (Lipinski definition) is 1. The number of anilines is 1. The summed E-state index contributed by atoms with van der Waals surface area (Å²) in [6.45, 7) is 42.1. The predicted octanol–water partition coefficient (Wildman–Crippen LogP) is 12.9. The van der Waals surface area contributed by atoms with E-state index < -0.39 is 34.5 Å². The maximum atomic E-state index is 14.6. The van der Waals surface area contributed by atoms with Gasteiger partial charge in [0.25, 0.3) is 23.6 Å². The molecule has 2 aliphatic heterocycles. The number of nitrogens with zero attached hydrogens (tertiary/aromatic N) is 1. The molecular formula is C54H60N2O4. The Morgan fingerprint density at radius 1 is 0.583 bits per heavy atom. The molecule has 310 valence electrons. The van der Waals surface area contributed by atoms with Gasteiger partial charge in [0.1, 0.15) is 0 Å². The van der Waals surface area contributed by atoms with Crippen molar-refractivity contribution >= 4 is 53.6 Å². The van der Waals surface area contributed by atoms with E-state index in [0.29, 0.717) is 33.5 Å². The van der Waals surface area contributed by atoms with Gasteiger partial charge < -0.3 is 0 Å². The fraction of sp³-hybridized carbons (Fsp3) is 0.333. The third kappa shape index (κ3) is 6.29. The van der Waals surface area contributed by atoms with E-state index in [2.05, 4.69) is 100 Å². The van der Waals surface area contributed by atoms with Crippen molar-refractivity contribution in [1.82, 2.24) is 5.32 Å². The number of amides is 4. The molecule has 0 aromatic heterocycles. The summed E-state index contributed by atoms with van der Waals surface area (Å²) >= 11 is 0. The average molecular weight is 801 g/mol. The number of rotatable bonds is 6. The summed E-state index contributed by atoms with van der Waals surface area (Å²) < 4.78 is 0. The van der Waals surface area contributed by atoms with E-state index >= 15 is 0 Å². The van der Waals surface area contributed by atoms with Crippen LogP contribution in [0.2, 0.25) is 0 Å². The van der Waals surface area contributed by atoms with Crippen LogP contribution in [0.4, 0.5) is 5.69 Å². The molecule has 0 spiro atoms. The molecule has 0 radical (unpaired) electrons. The predicted molar refractivity (Wildman–Crippen MR) is 250 cm³/mol. The molecule has 3 aliphatic carbocycles. The molecule has 6 nitrogen and oxygen atoms in total. The number of hydrogen-bond acceptors (Lipinski definition) is 4. The van der Waals surface area contributed by atoms with Crippen molar-refractivity contribution in [2.75, 3.05) is 4.90 Å². The first-order valence-corrected chi connectivity index (χ1v) is 21.2. The molecule has 4 aromatic rings. The lowest BCUT2D eigenvalue weighted by atomic mass is 9.49. The lowest BCUT2D eigenvalue weighted by Gasteiger charge is -2.53.